The molecule has 1 aromatic heterocycles. The topological polar surface area (TPSA) is 9.23 Å². The van der Waals surface area contributed by atoms with Gasteiger partial charge in [0.1, 0.15) is 11.9 Å². The number of rotatable bonds is 5. The third kappa shape index (κ3) is 5.65. The maximum Gasteiger partial charge on any atom is 0.128 e. The molecule has 1 aliphatic heterocycles. The molecule has 0 bridgehead atoms. The SMILES string of the molecule is C1=CC2Oc3cc(-c4c5ccccc5c(-c5ccccc5)c5ccccc45)ccc3C2C(c2c3ccccc3c(-c3ccc4sc5ccc(-c6ccccc6)cc5c4c3)c3ccccc23)=C1. The molecule has 0 amide bonds. The van der Waals surface area contributed by atoms with Crippen molar-refractivity contribution in [3.8, 4) is 50.3 Å². The Hall–Kier alpha value is -8.04. The monoisotopic (exact) mass is 856 g/mol. The average Bonchev–Trinajstić information content (AvgIpc) is 3.95. The van der Waals surface area contributed by atoms with Crippen molar-refractivity contribution in [3.63, 3.8) is 0 Å². The molecule has 2 heteroatoms. The third-order valence-electron chi connectivity index (χ3n) is 14.2. The van der Waals surface area contributed by atoms with Gasteiger partial charge in [-0.15, -0.1) is 11.3 Å². The van der Waals surface area contributed by atoms with Crippen molar-refractivity contribution in [2.45, 2.75) is 12.0 Å². The average molecular weight is 857 g/mol. The molecular weight excluding hydrogens is 817 g/mol. The Balaban J connectivity index is 0.921. The van der Waals surface area contributed by atoms with Gasteiger partial charge in [0.25, 0.3) is 0 Å². The zero-order valence-corrected chi connectivity index (χ0v) is 36.7. The smallest absolute Gasteiger partial charge is 0.128 e. The van der Waals surface area contributed by atoms with Crippen LogP contribution in [0, 0.1) is 0 Å². The molecule has 14 rings (SSSR count). The van der Waals surface area contributed by atoms with Crippen LogP contribution in [0.5, 0.6) is 5.75 Å². The fraction of sp³-hybridized carbons (Fsp3) is 0.0312. The second kappa shape index (κ2) is 14.8. The normalized spacial score (nSPS) is 15.4. The molecule has 1 nitrogen and oxygen atoms in total. The van der Waals surface area contributed by atoms with Crippen LogP contribution < -0.4 is 4.74 Å². The summed E-state index contributed by atoms with van der Waals surface area (Å²) in [5, 5.41) is 12.6. The molecule has 308 valence electrons. The van der Waals surface area contributed by atoms with Gasteiger partial charge in [-0.2, -0.15) is 0 Å². The number of benzene rings is 11. The van der Waals surface area contributed by atoms with Gasteiger partial charge >= 0.3 is 0 Å². The molecule has 2 unspecified atom stereocenters. The van der Waals surface area contributed by atoms with E-state index in [9.17, 15) is 0 Å². The van der Waals surface area contributed by atoms with E-state index in [-0.39, 0.29) is 12.0 Å². The Kier molecular flexibility index (Phi) is 8.35. The Morgan fingerprint density at radius 1 is 0.333 bits per heavy atom. The van der Waals surface area contributed by atoms with E-state index in [2.05, 4.69) is 231 Å². The van der Waals surface area contributed by atoms with Crippen LogP contribution in [0.4, 0.5) is 0 Å². The van der Waals surface area contributed by atoms with Crippen molar-refractivity contribution in [2.75, 3.05) is 0 Å². The van der Waals surface area contributed by atoms with Gasteiger partial charge in [-0.1, -0.05) is 194 Å². The summed E-state index contributed by atoms with van der Waals surface area (Å²) >= 11 is 1.88. The molecule has 0 saturated carbocycles. The molecule has 1 aliphatic carbocycles. The van der Waals surface area contributed by atoms with Crippen LogP contribution in [0.3, 0.4) is 0 Å². The minimum absolute atomic E-state index is 0.0398. The van der Waals surface area contributed by atoms with Crippen LogP contribution >= 0.6 is 11.3 Å². The molecule has 0 saturated heterocycles. The van der Waals surface area contributed by atoms with Crippen molar-refractivity contribution in [2.24, 2.45) is 0 Å². The maximum absolute atomic E-state index is 7.04. The Morgan fingerprint density at radius 2 is 0.758 bits per heavy atom. The van der Waals surface area contributed by atoms with E-state index in [0.29, 0.717) is 0 Å². The second-order valence-electron chi connectivity index (χ2n) is 17.8. The van der Waals surface area contributed by atoms with Crippen molar-refractivity contribution in [1.82, 2.24) is 0 Å². The quantitative estimate of drug-likeness (QED) is 0.157. The second-order valence-corrected chi connectivity index (χ2v) is 18.8. The number of hydrogen-bond acceptors (Lipinski definition) is 2. The molecule has 66 heavy (non-hydrogen) atoms. The summed E-state index contributed by atoms with van der Waals surface area (Å²) in [5.41, 5.74) is 13.7. The first-order chi connectivity index (χ1) is 32.7. The van der Waals surface area contributed by atoms with Crippen LogP contribution in [0.1, 0.15) is 17.0 Å². The van der Waals surface area contributed by atoms with Gasteiger partial charge in [-0.25, -0.2) is 0 Å². The lowest BCUT2D eigenvalue weighted by Gasteiger charge is -2.26. The van der Waals surface area contributed by atoms with Crippen LogP contribution in [0.2, 0.25) is 0 Å². The number of ether oxygens (including phenoxy) is 1. The summed E-state index contributed by atoms with van der Waals surface area (Å²) in [4.78, 5) is 0. The minimum Gasteiger partial charge on any atom is -0.485 e. The molecule has 11 aromatic carbocycles. The molecule has 2 heterocycles. The first-order valence-electron chi connectivity index (χ1n) is 22.9. The van der Waals surface area contributed by atoms with Gasteiger partial charge in [0.2, 0.25) is 0 Å². The first kappa shape index (κ1) is 37.3. The standard InChI is InChI=1S/C64H40OS/c1-3-16-39(17-4-1)41-31-34-58-54(36-41)55-37-42(32-35-59(55)66-58)61-48-24-11-13-26-50(48)63(51-27-14-12-25-49(51)61)53-28-15-29-56-64(53)52-33-30-43(38-57(52)65-56)62-46-22-9-7-20-44(46)60(40-18-5-2-6-19-40)45-21-8-10-23-47(45)62/h1-38,56,64H. The predicted octanol–water partition coefficient (Wildman–Crippen LogP) is 17.8. The number of thiophene rings is 1. The van der Waals surface area contributed by atoms with Crippen LogP contribution in [0.25, 0.3) is 113 Å². The Labute approximate surface area is 386 Å². The highest BCUT2D eigenvalue weighted by molar-refractivity contribution is 7.25. The number of allylic oxidation sites excluding steroid dienone is 2. The van der Waals surface area contributed by atoms with Gasteiger partial charge in [-0.3, -0.25) is 0 Å². The molecule has 0 fully saturated rings. The fourth-order valence-corrected chi connectivity index (χ4v) is 12.5. The third-order valence-corrected chi connectivity index (χ3v) is 15.4. The molecule has 2 atom stereocenters. The molecule has 0 N–H and O–H groups in total. The van der Waals surface area contributed by atoms with Crippen molar-refractivity contribution in [1.29, 1.82) is 0 Å². The summed E-state index contributed by atoms with van der Waals surface area (Å²) in [6, 6.07) is 78.4. The predicted molar refractivity (Wildman–Crippen MR) is 282 cm³/mol. The van der Waals surface area contributed by atoms with Gasteiger partial charge < -0.3 is 4.74 Å². The maximum atomic E-state index is 7.04. The summed E-state index contributed by atoms with van der Waals surface area (Å²) in [7, 11) is 0. The highest BCUT2D eigenvalue weighted by Crippen LogP contribution is 2.54. The molecule has 12 aromatic rings. The summed E-state index contributed by atoms with van der Waals surface area (Å²) in [6.45, 7) is 0. The van der Waals surface area contributed by atoms with Crippen LogP contribution in [-0.2, 0) is 0 Å². The van der Waals surface area contributed by atoms with Gasteiger partial charge in [0, 0.05) is 25.7 Å². The van der Waals surface area contributed by atoms with E-state index >= 15 is 0 Å². The van der Waals surface area contributed by atoms with E-state index in [1.165, 1.54) is 124 Å². The molecule has 2 aliphatic rings. The minimum atomic E-state index is -0.114. The van der Waals surface area contributed by atoms with Crippen molar-refractivity contribution < 1.29 is 4.74 Å². The van der Waals surface area contributed by atoms with Gasteiger partial charge in [-0.05, 0) is 135 Å². The van der Waals surface area contributed by atoms with Gasteiger partial charge in [0.05, 0.1) is 5.92 Å². The van der Waals surface area contributed by atoms with E-state index < -0.39 is 0 Å². The first-order valence-corrected chi connectivity index (χ1v) is 23.7. The molecule has 0 radical (unpaired) electrons. The highest BCUT2D eigenvalue weighted by atomic mass is 32.1. The summed E-state index contributed by atoms with van der Waals surface area (Å²) in [5.74, 6) is 0.996. The number of hydrogen-bond donors (Lipinski definition) is 0. The Morgan fingerprint density at radius 3 is 1.30 bits per heavy atom. The highest BCUT2D eigenvalue weighted by Gasteiger charge is 2.39. The summed E-state index contributed by atoms with van der Waals surface area (Å²) in [6.07, 6.45) is 6.69. The van der Waals surface area contributed by atoms with Gasteiger partial charge in [0.15, 0.2) is 0 Å². The van der Waals surface area contributed by atoms with Crippen molar-refractivity contribution in [3.05, 3.63) is 242 Å². The van der Waals surface area contributed by atoms with Crippen LogP contribution in [0.15, 0.2) is 231 Å². The molecule has 0 spiro atoms. The summed E-state index contributed by atoms with van der Waals surface area (Å²) < 4.78 is 9.66. The van der Waals surface area contributed by atoms with Crippen LogP contribution in [-0.4, -0.2) is 6.10 Å². The lowest BCUT2D eigenvalue weighted by molar-refractivity contribution is 0.272. The van der Waals surface area contributed by atoms with E-state index in [1.807, 2.05) is 11.3 Å². The lowest BCUT2D eigenvalue weighted by Crippen LogP contribution is -2.19. The van der Waals surface area contributed by atoms with Crippen molar-refractivity contribution >= 4 is 80.2 Å². The van der Waals surface area contributed by atoms with E-state index in [0.717, 1.165) is 5.75 Å². The number of fused-ring (bicyclic) bond motifs is 10. The Bertz CT molecular complexity index is 3910. The molecular formula is C64H40OS. The lowest BCUT2D eigenvalue weighted by atomic mass is 9.77. The zero-order valence-electron chi connectivity index (χ0n) is 35.9. The van der Waals surface area contributed by atoms with E-state index in [1.54, 1.807) is 0 Å². The fourth-order valence-electron chi connectivity index (χ4n) is 11.4. The largest absolute Gasteiger partial charge is 0.485 e. The van der Waals surface area contributed by atoms with E-state index in [4.69, 9.17) is 4.74 Å². The zero-order chi connectivity index (χ0) is 43.3.